The lowest BCUT2D eigenvalue weighted by Gasteiger charge is -2.10. The van der Waals surface area contributed by atoms with Crippen molar-refractivity contribution in [1.82, 2.24) is 0 Å². The van der Waals surface area contributed by atoms with Crippen molar-refractivity contribution in [2.24, 2.45) is 0 Å². The van der Waals surface area contributed by atoms with Gasteiger partial charge in [-0.05, 0) is 32.1 Å². The molecule has 2 nitrogen and oxygen atoms in total. The van der Waals surface area contributed by atoms with Gasteiger partial charge in [-0.25, -0.2) is 0 Å². The Morgan fingerprint density at radius 2 is 2.00 bits per heavy atom. The van der Waals surface area contributed by atoms with Crippen molar-refractivity contribution in [2.45, 2.75) is 64.4 Å². The number of rotatable bonds is 5. The number of hydrogen-bond acceptors (Lipinski definition) is 2. The van der Waals surface area contributed by atoms with Gasteiger partial charge in [0.2, 0.25) is 0 Å². The fraction of sp³-hybridized carbons (Fsp3) is 0.909. The van der Waals surface area contributed by atoms with Gasteiger partial charge in [0.25, 0.3) is 0 Å². The molecule has 0 spiro atoms. The predicted octanol–water partition coefficient (Wildman–Crippen LogP) is 3.05. The Bertz CT molecular complexity index is 148. The average Bonchev–Trinajstić information content (AvgIpc) is 2.57. The zero-order chi connectivity index (χ0) is 9.52. The van der Waals surface area contributed by atoms with E-state index in [9.17, 15) is 4.79 Å². The molecular weight excluding hydrogens is 164 g/mol. The summed E-state index contributed by atoms with van der Waals surface area (Å²) in [6.45, 7) is 2.14. The van der Waals surface area contributed by atoms with Crippen LogP contribution in [0.25, 0.3) is 0 Å². The van der Waals surface area contributed by atoms with E-state index in [1.165, 1.54) is 12.8 Å². The number of unbranched alkanes of at least 4 members (excludes halogenated alkanes) is 2. The minimum absolute atomic E-state index is 0.0142. The summed E-state index contributed by atoms with van der Waals surface area (Å²) in [7, 11) is 0. The van der Waals surface area contributed by atoms with Crippen molar-refractivity contribution in [1.29, 1.82) is 0 Å². The average molecular weight is 184 g/mol. The number of carbonyl (C=O) groups excluding carboxylic acids is 1. The highest BCUT2D eigenvalue weighted by atomic mass is 16.5. The van der Waals surface area contributed by atoms with E-state index in [0.29, 0.717) is 6.42 Å². The van der Waals surface area contributed by atoms with Crippen LogP contribution in [0, 0.1) is 0 Å². The quantitative estimate of drug-likeness (QED) is 0.485. The Hall–Kier alpha value is -0.530. The zero-order valence-corrected chi connectivity index (χ0v) is 8.55. The smallest absolute Gasteiger partial charge is 0.306 e. The van der Waals surface area contributed by atoms with Crippen LogP contribution in [0.3, 0.4) is 0 Å². The molecule has 1 saturated carbocycles. The highest BCUT2D eigenvalue weighted by molar-refractivity contribution is 5.69. The van der Waals surface area contributed by atoms with Crippen LogP contribution in [-0.2, 0) is 9.53 Å². The van der Waals surface area contributed by atoms with E-state index in [1.54, 1.807) is 0 Å². The highest BCUT2D eigenvalue weighted by Crippen LogP contribution is 2.21. The third-order valence-corrected chi connectivity index (χ3v) is 2.58. The van der Waals surface area contributed by atoms with Gasteiger partial charge in [-0.15, -0.1) is 0 Å². The van der Waals surface area contributed by atoms with Crippen LogP contribution < -0.4 is 0 Å². The van der Waals surface area contributed by atoms with Crippen molar-refractivity contribution < 1.29 is 9.53 Å². The molecule has 0 N–H and O–H groups in total. The lowest BCUT2D eigenvalue weighted by molar-refractivity contribution is -0.148. The van der Waals surface area contributed by atoms with E-state index in [0.717, 1.165) is 32.1 Å². The number of ether oxygens (including phenoxy) is 1. The molecule has 0 aliphatic heterocycles. The first kappa shape index (κ1) is 10.6. The van der Waals surface area contributed by atoms with E-state index in [-0.39, 0.29) is 12.1 Å². The fourth-order valence-electron chi connectivity index (χ4n) is 1.77. The van der Waals surface area contributed by atoms with Crippen molar-refractivity contribution in [3.8, 4) is 0 Å². The molecular formula is C11H20O2. The standard InChI is InChI=1S/C11H20O2/c1-2-3-4-9-11(12)13-10-7-5-6-8-10/h10H,2-9H2,1H3. The third kappa shape index (κ3) is 4.30. The Kier molecular flexibility index (Phi) is 4.87. The van der Waals surface area contributed by atoms with Crippen LogP contribution >= 0.6 is 0 Å². The van der Waals surface area contributed by atoms with Crippen LogP contribution in [0.1, 0.15) is 58.3 Å². The molecule has 2 heteroatoms. The molecule has 0 saturated heterocycles. The summed E-state index contributed by atoms with van der Waals surface area (Å²) in [5, 5.41) is 0. The lowest BCUT2D eigenvalue weighted by Crippen LogP contribution is -2.14. The summed E-state index contributed by atoms with van der Waals surface area (Å²) in [5.41, 5.74) is 0. The second kappa shape index (κ2) is 6.01. The minimum Gasteiger partial charge on any atom is -0.462 e. The molecule has 0 aromatic rings. The topological polar surface area (TPSA) is 26.3 Å². The summed E-state index contributed by atoms with van der Waals surface area (Å²) in [6.07, 6.45) is 8.77. The summed E-state index contributed by atoms with van der Waals surface area (Å²) in [4.78, 5) is 11.3. The van der Waals surface area contributed by atoms with Gasteiger partial charge in [-0.1, -0.05) is 19.8 Å². The van der Waals surface area contributed by atoms with Crippen LogP contribution in [0.15, 0.2) is 0 Å². The van der Waals surface area contributed by atoms with Crippen molar-refractivity contribution in [3.05, 3.63) is 0 Å². The number of esters is 1. The fourth-order valence-corrected chi connectivity index (χ4v) is 1.77. The first-order valence-corrected chi connectivity index (χ1v) is 5.52. The first-order valence-electron chi connectivity index (χ1n) is 5.52. The molecule has 0 bridgehead atoms. The third-order valence-electron chi connectivity index (χ3n) is 2.58. The van der Waals surface area contributed by atoms with E-state index in [2.05, 4.69) is 6.92 Å². The normalized spacial score (nSPS) is 17.6. The molecule has 1 aliphatic carbocycles. The minimum atomic E-state index is 0.0142. The van der Waals surface area contributed by atoms with Gasteiger partial charge in [0, 0.05) is 6.42 Å². The Labute approximate surface area is 80.7 Å². The largest absolute Gasteiger partial charge is 0.462 e. The molecule has 0 aromatic heterocycles. The number of carbonyl (C=O) groups is 1. The van der Waals surface area contributed by atoms with Crippen LogP contribution in [0.5, 0.6) is 0 Å². The SMILES string of the molecule is CCCCCC(=O)OC1CCCC1. The molecule has 0 amide bonds. The molecule has 0 radical (unpaired) electrons. The van der Waals surface area contributed by atoms with Gasteiger partial charge in [0.05, 0.1) is 0 Å². The van der Waals surface area contributed by atoms with Gasteiger partial charge in [-0.3, -0.25) is 4.79 Å². The van der Waals surface area contributed by atoms with Gasteiger partial charge in [0.15, 0.2) is 0 Å². The highest BCUT2D eigenvalue weighted by Gasteiger charge is 2.18. The molecule has 1 fully saturated rings. The van der Waals surface area contributed by atoms with Crippen molar-refractivity contribution in [3.63, 3.8) is 0 Å². The number of hydrogen-bond donors (Lipinski definition) is 0. The van der Waals surface area contributed by atoms with E-state index in [1.807, 2.05) is 0 Å². The van der Waals surface area contributed by atoms with Crippen molar-refractivity contribution >= 4 is 5.97 Å². The van der Waals surface area contributed by atoms with Gasteiger partial charge < -0.3 is 4.74 Å². The van der Waals surface area contributed by atoms with Crippen LogP contribution in [0.2, 0.25) is 0 Å². The molecule has 0 atom stereocenters. The Morgan fingerprint density at radius 3 is 2.62 bits per heavy atom. The summed E-state index contributed by atoms with van der Waals surface area (Å²) < 4.78 is 5.32. The summed E-state index contributed by atoms with van der Waals surface area (Å²) >= 11 is 0. The maximum Gasteiger partial charge on any atom is 0.306 e. The Balaban J connectivity index is 2.02. The molecule has 76 valence electrons. The van der Waals surface area contributed by atoms with Gasteiger partial charge in [0.1, 0.15) is 6.10 Å². The maximum atomic E-state index is 11.3. The molecule has 0 unspecified atom stereocenters. The van der Waals surface area contributed by atoms with Crippen LogP contribution in [-0.4, -0.2) is 12.1 Å². The molecule has 1 aliphatic rings. The molecule has 13 heavy (non-hydrogen) atoms. The van der Waals surface area contributed by atoms with E-state index >= 15 is 0 Å². The van der Waals surface area contributed by atoms with Crippen molar-refractivity contribution in [2.75, 3.05) is 0 Å². The Morgan fingerprint density at radius 1 is 1.31 bits per heavy atom. The first-order chi connectivity index (χ1) is 6.33. The zero-order valence-electron chi connectivity index (χ0n) is 8.55. The molecule has 0 heterocycles. The molecule has 0 aromatic carbocycles. The van der Waals surface area contributed by atoms with Gasteiger partial charge >= 0.3 is 5.97 Å². The summed E-state index contributed by atoms with van der Waals surface area (Å²) in [5.74, 6) is 0.0142. The van der Waals surface area contributed by atoms with Crippen LogP contribution in [0.4, 0.5) is 0 Å². The lowest BCUT2D eigenvalue weighted by atomic mass is 10.2. The van der Waals surface area contributed by atoms with Gasteiger partial charge in [-0.2, -0.15) is 0 Å². The van der Waals surface area contributed by atoms with E-state index < -0.39 is 0 Å². The monoisotopic (exact) mass is 184 g/mol. The second-order valence-corrected chi connectivity index (χ2v) is 3.85. The maximum absolute atomic E-state index is 11.3. The predicted molar refractivity (Wildman–Crippen MR) is 52.5 cm³/mol. The molecule has 1 rings (SSSR count). The second-order valence-electron chi connectivity index (χ2n) is 3.85. The van der Waals surface area contributed by atoms with E-state index in [4.69, 9.17) is 4.74 Å². The summed E-state index contributed by atoms with van der Waals surface area (Å²) in [6, 6.07) is 0.